The van der Waals surface area contributed by atoms with Gasteiger partial charge in [0.05, 0.1) is 0 Å². The molecule has 3 aliphatic carbocycles. The molecule has 0 bridgehead atoms. The van der Waals surface area contributed by atoms with Crippen LogP contribution >= 0.6 is 0 Å². The van der Waals surface area contributed by atoms with Gasteiger partial charge in [-0.15, -0.1) is 0 Å². The fraction of sp³-hybridized carbons (Fsp3) is 0.480. The van der Waals surface area contributed by atoms with Crippen LogP contribution in [0.3, 0.4) is 0 Å². The first-order chi connectivity index (χ1) is 15.0. The van der Waals surface area contributed by atoms with E-state index in [0.29, 0.717) is 29.1 Å². The lowest BCUT2D eigenvalue weighted by atomic mass is 10.0. The average Bonchev–Trinajstić information content (AvgIpc) is 3.46. The number of halogens is 2. The number of urea groups is 1. The normalized spacial score (nSPS) is 26.9. The maximum absolute atomic E-state index is 15.0. The van der Waals surface area contributed by atoms with Crippen molar-refractivity contribution in [2.24, 2.45) is 17.8 Å². The first kappa shape index (κ1) is 25.4. The Hall–Kier alpha value is -2.83. The summed E-state index contributed by atoms with van der Waals surface area (Å²) in [5.41, 5.74) is 1.78. The fourth-order valence-corrected chi connectivity index (χ4v) is 4.23. The molecule has 1 saturated heterocycles. The molecular weight excluding hydrogens is 414 g/mol. The molecule has 0 N–H and O–H groups in total. The van der Waals surface area contributed by atoms with Crippen molar-refractivity contribution in [2.75, 3.05) is 6.54 Å². The Morgan fingerprint density at radius 2 is 1.81 bits per heavy atom. The molecule has 4 rings (SSSR count). The molecule has 4 amide bonds. The number of rotatable bonds is 6. The molecule has 2 fully saturated rings. The lowest BCUT2D eigenvalue weighted by Gasteiger charge is -2.34. The highest BCUT2D eigenvalue weighted by Gasteiger charge is 2.45. The van der Waals surface area contributed by atoms with Crippen LogP contribution in [0.5, 0.6) is 0 Å². The molecule has 32 heavy (non-hydrogen) atoms. The van der Waals surface area contributed by atoms with Crippen molar-refractivity contribution in [3.8, 4) is 0 Å². The van der Waals surface area contributed by atoms with Crippen LogP contribution in [-0.4, -0.2) is 40.5 Å². The van der Waals surface area contributed by atoms with Crippen LogP contribution < -0.4 is 0 Å². The molecule has 0 spiro atoms. The summed E-state index contributed by atoms with van der Waals surface area (Å²) < 4.78 is 15.0. The highest BCUT2D eigenvalue weighted by Crippen LogP contribution is 2.51. The Labute approximate surface area is 188 Å². The second-order valence-corrected chi connectivity index (χ2v) is 8.08. The van der Waals surface area contributed by atoms with Crippen LogP contribution in [0.1, 0.15) is 46.5 Å². The van der Waals surface area contributed by atoms with Crippen molar-refractivity contribution in [1.82, 2.24) is 9.80 Å². The smallest absolute Gasteiger partial charge is 0.274 e. The van der Waals surface area contributed by atoms with Crippen LogP contribution in [0.4, 0.5) is 13.9 Å². The predicted octanol–water partition coefficient (Wildman–Crippen LogP) is 5.24. The third kappa shape index (κ3) is 5.50. The van der Waals surface area contributed by atoms with Gasteiger partial charge >= 0.3 is 6.03 Å². The third-order valence-electron chi connectivity index (χ3n) is 6.12. The zero-order chi connectivity index (χ0) is 22.5. The van der Waals surface area contributed by atoms with Gasteiger partial charge in [0, 0.05) is 13.0 Å². The molecule has 0 aromatic heterocycles. The van der Waals surface area contributed by atoms with E-state index in [1.165, 1.54) is 0 Å². The topological polar surface area (TPSA) is 57.7 Å². The van der Waals surface area contributed by atoms with Crippen molar-refractivity contribution < 1.29 is 23.5 Å². The molecule has 174 valence electrons. The first-order valence-electron chi connectivity index (χ1n) is 11.2. The van der Waals surface area contributed by atoms with Gasteiger partial charge in [0.1, 0.15) is 6.42 Å². The van der Waals surface area contributed by atoms with E-state index in [4.69, 9.17) is 0 Å². The van der Waals surface area contributed by atoms with E-state index < -0.39 is 30.6 Å². The van der Waals surface area contributed by atoms with Crippen LogP contribution in [0, 0.1) is 17.8 Å². The van der Waals surface area contributed by atoms with Gasteiger partial charge < -0.3 is 0 Å². The minimum Gasteiger partial charge on any atom is -0.274 e. The van der Waals surface area contributed by atoms with Crippen molar-refractivity contribution in [1.29, 1.82) is 0 Å². The Morgan fingerprint density at radius 3 is 2.53 bits per heavy atom. The Balaban J connectivity index is 0.00000118. The van der Waals surface area contributed by atoms with Gasteiger partial charge in [0.25, 0.3) is 0 Å². The van der Waals surface area contributed by atoms with Crippen LogP contribution in [0.15, 0.2) is 59.8 Å². The Morgan fingerprint density at radius 1 is 1.06 bits per heavy atom. The van der Waals surface area contributed by atoms with E-state index in [1.807, 2.05) is 56.4 Å². The highest BCUT2D eigenvalue weighted by atomic mass is 19.1. The summed E-state index contributed by atoms with van der Waals surface area (Å²) in [6.45, 7) is 6.28. The average molecular weight is 447 g/mol. The number of alkyl halides is 1. The molecule has 1 heterocycles. The molecular formula is C25H32F2N2O3. The largest absolute Gasteiger partial charge is 0.335 e. The second kappa shape index (κ2) is 11.2. The van der Waals surface area contributed by atoms with Crippen molar-refractivity contribution >= 4 is 17.8 Å². The number of hydrogen-bond donors (Lipinski definition) is 0. The van der Waals surface area contributed by atoms with Crippen LogP contribution in [-0.2, 0) is 9.59 Å². The van der Waals surface area contributed by atoms with Crippen molar-refractivity contribution in [3.05, 3.63) is 59.8 Å². The van der Waals surface area contributed by atoms with Gasteiger partial charge in [-0.05, 0) is 41.7 Å². The van der Waals surface area contributed by atoms with Gasteiger partial charge in [0.2, 0.25) is 11.8 Å². The minimum absolute atomic E-state index is 0. The number of carbonyl (C=O) groups is 3. The second-order valence-electron chi connectivity index (χ2n) is 8.08. The van der Waals surface area contributed by atoms with Gasteiger partial charge in [0.15, 0.2) is 6.30 Å². The number of hydrogen-bond acceptors (Lipinski definition) is 3. The fourth-order valence-electron chi connectivity index (χ4n) is 4.23. The lowest BCUT2D eigenvalue weighted by molar-refractivity contribution is -0.146. The van der Waals surface area contributed by atoms with Gasteiger partial charge in [-0.3, -0.25) is 19.2 Å². The summed E-state index contributed by atoms with van der Waals surface area (Å²) >= 11 is 0. The zero-order valence-electron chi connectivity index (χ0n) is 18.9. The number of amides is 4. The van der Waals surface area contributed by atoms with E-state index in [1.54, 1.807) is 0 Å². The maximum Gasteiger partial charge on any atom is 0.335 e. The predicted molar refractivity (Wildman–Crippen MR) is 121 cm³/mol. The SMILES string of the molecule is CC.CC1C2C=CC(C[C@H](F)N3C(=O)CC(=O)N(CCC4=CC=CCC=C4)C3=O)=CC12.F. The minimum atomic E-state index is -1.77. The molecule has 7 heteroatoms. The number of imide groups is 2. The molecule has 0 aromatic rings. The third-order valence-corrected chi connectivity index (χ3v) is 6.12. The number of allylic oxidation sites excluding steroid dienone is 8. The van der Waals surface area contributed by atoms with Gasteiger partial charge in [-0.2, -0.15) is 0 Å². The van der Waals surface area contributed by atoms with Crippen molar-refractivity contribution in [2.45, 2.75) is 52.8 Å². The van der Waals surface area contributed by atoms with Crippen LogP contribution in [0.2, 0.25) is 0 Å². The summed E-state index contributed by atoms with van der Waals surface area (Å²) in [7, 11) is 0. The zero-order valence-corrected chi connectivity index (χ0v) is 18.9. The molecule has 1 saturated carbocycles. The van der Waals surface area contributed by atoms with E-state index in [9.17, 15) is 14.4 Å². The standard InChI is InChI=1S/C23H25FN2O3.C2H6.FH/c1-15-18-9-8-17(12-19(15)18)13-20(24)26-22(28)14-21(27)25(23(26)29)11-10-16-6-4-2-3-5-7-16;1-2;/h2,4-9,12,15,18-20H,3,10-11,13-14H2,1H3;1-2H3;1H/t15?,18?,19?,20-;;/m1../s1. The maximum atomic E-state index is 15.0. The van der Waals surface area contributed by atoms with Crippen LogP contribution in [0.25, 0.3) is 0 Å². The quantitative estimate of drug-likeness (QED) is 0.414. The summed E-state index contributed by atoms with van der Waals surface area (Å²) in [6, 6.07) is -0.856. The van der Waals surface area contributed by atoms with E-state index in [2.05, 4.69) is 13.0 Å². The molecule has 1 aliphatic heterocycles. The molecule has 3 unspecified atom stereocenters. The summed E-state index contributed by atoms with van der Waals surface area (Å²) in [4.78, 5) is 38.9. The Kier molecular flexibility index (Phi) is 8.87. The summed E-state index contributed by atoms with van der Waals surface area (Å²) in [5, 5.41) is 0. The van der Waals surface area contributed by atoms with E-state index >= 15 is 4.39 Å². The molecule has 0 aromatic carbocycles. The highest BCUT2D eigenvalue weighted by molar-refractivity contribution is 6.14. The molecule has 4 aliphatic rings. The van der Waals surface area contributed by atoms with Gasteiger partial charge in [-0.1, -0.05) is 69.4 Å². The van der Waals surface area contributed by atoms with Gasteiger partial charge in [-0.25, -0.2) is 14.1 Å². The van der Waals surface area contributed by atoms with Crippen molar-refractivity contribution in [3.63, 3.8) is 0 Å². The molecule has 4 atom stereocenters. The number of fused-ring (bicyclic) bond motifs is 1. The summed E-state index contributed by atoms with van der Waals surface area (Å²) in [6.07, 6.45) is 14.8. The summed E-state index contributed by atoms with van der Waals surface area (Å²) in [5.74, 6) is 0.200. The number of barbiturate groups is 1. The number of nitrogens with zero attached hydrogens (tertiary/aromatic N) is 2. The molecule has 5 nitrogen and oxygen atoms in total. The number of carbonyl (C=O) groups excluding carboxylic acids is 3. The molecule has 0 radical (unpaired) electrons. The van der Waals surface area contributed by atoms with E-state index in [-0.39, 0.29) is 17.7 Å². The lowest BCUT2D eigenvalue weighted by Crippen LogP contribution is -2.57. The monoisotopic (exact) mass is 446 g/mol. The first-order valence-corrected chi connectivity index (χ1v) is 11.2. The Bertz CT molecular complexity index is 888. The van der Waals surface area contributed by atoms with E-state index in [0.717, 1.165) is 22.5 Å².